The van der Waals surface area contributed by atoms with E-state index < -0.39 is 31.1 Å². The molecule has 0 heterocycles. The summed E-state index contributed by atoms with van der Waals surface area (Å²) >= 11 is 0. The molecule has 0 aromatic heterocycles. The van der Waals surface area contributed by atoms with Crippen LogP contribution in [0.2, 0.25) is 0 Å². The molecule has 6 nitrogen and oxygen atoms in total. The topological polar surface area (TPSA) is 97.7 Å². The van der Waals surface area contributed by atoms with Gasteiger partial charge in [0.25, 0.3) is 10.1 Å². The predicted octanol–water partition coefficient (Wildman–Crippen LogP) is 8.39. The van der Waals surface area contributed by atoms with Crippen molar-refractivity contribution in [3.05, 3.63) is 52.6 Å². The van der Waals surface area contributed by atoms with Gasteiger partial charge >= 0.3 is 10.1 Å². The smallest absolute Gasteiger partial charge is 0.339 e. The second-order valence-electron chi connectivity index (χ2n) is 13.8. The van der Waals surface area contributed by atoms with Crippen LogP contribution in [0.15, 0.2) is 40.1 Å². The Kier molecular flexibility index (Phi) is 8.85. The van der Waals surface area contributed by atoms with Gasteiger partial charge in [-0.05, 0) is 88.8 Å². The van der Waals surface area contributed by atoms with E-state index in [4.69, 9.17) is 4.18 Å². The van der Waals surface area contributed by atoms with Gasteiger partial charge in [-0.25, -0.2) is 0 Å². The van der Waals surface area contributed by atoms with Gasteiger partial charge in [0.2, 0.25) is 0 Å². The van der Waals surface area contributed by atoms with Crippen molar-refractivity contribution in [2.75, 3.05) is 0 Å². The van der Waals surface area contributed by atoms with Gasteiger partial charge in [0.05, 0.1) is 0 Å². The molecule has 0 atom stereocenters. The Morgan fingerprint density at radius 3 is 1.62 bits per heavy atom. The van der Waals surface area contributed by atoms with E-state index in [0.29, 0.717) is 17.0 Å². The van der Waals surface area contributed by atoms with Crippen LogP contribution >= 0.6 is 0 Å². The molecule has 2 fully saturated rings. The Bertz CT molecular complexity index is 1400. The Hall–Kier alpha value is -1.90. The first-order valence-corrected chi connectivity index (χ1v) is 17.6. The molecular weight excluding hydrogens is 544 g/mol. The van der Waals surface area contributed by atoms with Gasteiger partial charge in [-0.1, -0.05) is 92.2 Å². The molecule has 222 valence electrons. The molecule has 8 heteroatoms. The van der Waals surface area contributed by atoms with Crippen LogP contribution in [0.5, 0.6) is 5.75 Å². The second-order valence-corrected chi connectivity index (χ2v) is 16.7. The maximum atomic E-state index is 14.1. The van der Waals surface area contributed by atoms with Gasteiger partial charge in [-0.15, -0.1) is 0 Å². The Morgan fingerprint density at radius 2 is 1.18 bits per heavy atom. The zero-order valence-corrected chi connectivity index (χ0v) is 26.6. The Labute approximate surface area is 241 Å². The van der Waals surface area contributed by atoms with Gasteiger partial charge in [0.1, 0.15) is 15.5 Å². The maximum absolute atomic E-state index is 14.1. The maximum Gasteiger partial charge on any atom is 0.339 e. The third-order valence-corrected chi connectivity index (χ3v) is 10.8. The highest BCUT2D eigenvalue weighted by Gasteiger charge is 2.35. The first-order valence-electron chi connectivity index (χ1n) is 14.7. The van der Waals surface area contributed by atoms with E-state index >= 15 is 0 Å². The molecular formula is C32H46O6S2. The monoisotopic (exact) mass is 590 g/mol. The van der Waals surface area contributed by atoms with Crippen LogP contribution < -0.4 is 4.18 Å². The lowest BCUT2D eigenvalue weighted by molar-refractivity contribution is 0.430. The van der Waals surface area contributed by atoms with E-state index in [0.717, 1.165) is 62.5 Å². The standard InChI is InChI=1S/C32H46O6S2/c1-31(2,3)27-20-25(21-28(32(4,5)6)30(27)39(33,34)35)38-40(36,37)29-19-24(22-13-9-7-10-14-22)17-18-26(29)23-15-11-8-12-16-23/h17-23H,7-16H2,1-6H3,(H,33,34,35). The summed E-state index contributed by atoms with van der Waals surface area (Å²) < 4.78 is 69.5. The molecule has 2 aromatic rings. The quantitative estimate of drug-likeness (QED) is 0.268. The summed E-state index contributed by atoms with van der Waals surface area (Å²) in [4.78, 5) is 0.0513. The fourth-order valence-corrected chi connectivity index (χ4v) is 8.95. The predicted molar refractivity (Wildman–Crippen MR) is 160 cm³/mol. The van der Waals surface area contributed by atoms with Crippen LogP contribution in [-0.4, -0.2) is 21.4 Å². The number of hydrogen-bond donors (Lipinski definition) is 1. The minimum absolute atomic E-state index is 0.0555. The van der Waals surface area contributed by atoms with E-state index in [-0.39, 0.29) is 21.5 Å². The average molecular weight is 591 g/mol. The molecule has 2 aliphatic rings. The van der Waals surface area contributed by atoms with Gasteiger partial charge in [0.15, 0.2) is 0 Å². The van der Waals surface area contributed by atoms with E-state index in [1.165, 1.54) is 25.0 Å². The molecule has 0 bridgehead atoms. The van der Waals surface area contributed by atoms with E-state index in [9.17, 15) is 21.4 Å². The van der Waals surface area contributed by atoms with Crippen LogP contribution in [0.1, 0.15) is 140 Å². The Morgan fingerprint density at radius 1 is 0.700 bits per heavy atom. The second kappa shape index (κ2) is 11.4. The summed E-state index contributed by atoms with van der Waals surface area (Å²) in [6, 6.07) is 8.90. The van der Waals surface area contributed by atoms with Crippen molar-refractivity contribution in [2.24, 2.45) is 0 Å². The highest BCUT2D eigenvalue weighted by atomic mass is 32.2. The van der Waals surface area contributed by atoms with E-state index in [1.54, 1.807) is 0 Å². The molecule has 1 N–H and O–H groups in total. The number of benzene rings is 2. The van der Waals surface area contributed by atoms with Gasteiger partial charge in [-0.2, -0.15) is 16.8 Å². The number of rotatable bonds is 6. The molecule has 4 rings (SSSR count). The van der Waals surface area contributed by atoms with Crippen molar-refractivity contribution >= 4 is 20.2 Å². The lowest BCUT2D eigenvalue weighted by atomic mass is 9.80. The van der Waals surface area contributed by atoms with Crippen molar-refractivity contribution in [3.8, 4) is 5.75 Å². The van der Waals surface area contributed by atoms with Crippen LogP contribution in [-0.2, 0) is 31.1 Å². The fraction of sp³-hybridized carbons (Fsp3) is 0.625. The lowest BCUT2D eigenvalue weighted by Crippen LogP contribution is -2.24. The molecule has 0 aliphatic heterocycles. The van der Waals surface area contributed by atoms with Crippen molar-refractivity contribution in [3.63, 3.8) is 0 Å². The third-order valence-electron chi connectivity index (χ3n) is 8.57. The minimum atomic E-state index is -4.59. The first kappa shape index (κ1) is 31.0. The number of hydrogen-bond acceptors (Lipinski definition) is 5. The minimum Gasteiger partial charge on any atom is -0.379 e. The van der Waals surface area contributed by atoms with Crippen LogP contribution in [0, 0.1) is 0 Å². The molecule has 2 aromatic carbocycles. The molecule has 0 saturated heterocycles. The molecule has 40 heavy (non-hydrogen) atoms. The SMILES string of the molecule is CC(C)(C)c1cc(OS(=O)(=O)c2cc(C3CCCCC3)ccc2C2CCCCC2)cc(C(C)(C)C)c1S(=O)(=O)O. The molecule has 0 spiro atoms. The molecule has 0 unspecified atom stereocenters. The lowest BCUT2D eigenvalue weighted by Gasteiger charge is -2.30. The van der Waals surface area contributed by atoms with Gasteiger partial charge in [-0.3, -0.25) is 4.55 Å². The summed E-state index contributed by atoms with van der Waals surface area (Å²) in [5.74, 6) is 0.566. The average Bonchev–Trinajstić information content (AvgIpc) is 2.87. The normalized spacial score (nSPS) is 18.6. The third kappa shape index (κ3) is 6.93. The zero-order chi connectivity index (χ0) is 29.5. The summed E-state index contributed by atoms with van der Waals surface area (Å²) in [6.45, 7) is 11.0. The summed E-state index contributed by atoms with van der Waals surface area (Å²) in [5.41, 5.74) is 1.09. The molecule has 2 saturated carbocycles. The van der Waals surface area contributed by atoms with Gasteiger partial charge < -0.3 is 4.18 Å². The highest BCUT2D eigenvalue weighted by molar-refractivity contribution is 7.87. The van der Waals surface area contributed by atoms with Gasteiger partial charge in [0, 0.05) is 0 Å². The summed E-state index contributed by atoms with van der Waals surface area (Å²) in [7, 11) is -8.83. The van der Waals surface area contributed by atoms with Crippen LogP contribution in [0.4, 0.5) is 0 Å². The largest absolute Gasteiger partial charge is 0.379 e. The van der Waals surface area contributed by atoms with Crippen LogP contribution in [0.25, 0.3) is 0 Å². The Balaban J connectivity index is 1.86. The molecule has 2 aliphatic carbocycles. The van der Waals surface area contributed by atoms with E-state index in [2.05, 4.69) is 6.07 Å². The van der Waals surface area contributed by atoms with Crippen molar-refractivity contribution in [2.45, 2.75) is 138 Å². The van der Waals surface area contributed by atoms with Crippen molar-refractivity contribution < 1.29 is 25.6 Å². The van der Waals surface area contributed by atoms with Crippen LogP contribution in [0.3, 0.4) is 0 Å². The highest BCUT2D eigenvalue weighted by Crippen LogP contribution is 2.43. The molecule has 0 amide bonds. The first-order chi connectivity index (χ1) is 18.5. The zero-order valence-electron chi connectivity index (χ0n) is 24.9. The summed E-state index contributed by atoms with van der Waals surface area (Å²) in [5, 5.41) is 0. The fourth-order valence-electron chi connectivity index (χ4n) is 6.42. The van der Waals surface area contributed by atoms with Crippen molar-refractivity contribution in [1.29, 1.82) is 0 Å². The molecule has 0 radical (unpaired) electrons. The summed E-state index contributed by atoms with van der Waals surface area (Å²) in [6.07, 6.45) is 10.9. The van der Waals surface area contributed by atoms with Crippen molar-refractivity contribution in [1.82, 2.24) is 0 Å². The van der Waals surface area contributed by atoms with E-state index in [1.807, 2.05) is 53.7 Å².